The lowest BCUT2D eigenvalue weighted by atomic mass is 10.2. The number of carbonyl (C=O) groups excluding carboxylic acids is 1. The molecule has 0 spiro atoms. The summed E-state index contributed by atoms with van der Waals surface area (Å²) in [5.74, 6) is 0.764. The number of methoxy groups -OCH3 is 1. The zero-order chi connectivity index (χ0) is 15.2. The first-order chi connectivity index (χ1) is 10.1. The van der Waals surface area contributed by atoms with Crippen LogP contribution in [-0.4, -0.2) is 25.1 Å². The van der Waals surface area contributed by atoms with Crippen molar-refractivity contribution < 1.29 is 9.53 Å². The van der Waals surface area contributed by atoms with Gasteiger partial charge in [0.05, 0.1) is 13.7 Å². The Morgan fingerprint density at radius 2 is 2.00 bits per heavy atom. The Hall–Kier alpha value is -2.20. The molecule has 0 aliphatic carbocycles. The predicted octanol–water partition coefficient (Wildman–Crippen LogP) is 4.01. The minimum Gasteiger partial charge on any atom is -0.496 e. The Kier molecular flexibility index (Phi) is 5.06. The smallest absolute Gasteiger partial charge is 0.321 e. The molecule has 2 amide bonds. The fourth-order valence-electron chi connectivity index (χ4n) is 1.95. The van der Waals surface area contributed by atoms with Crippen LogP contribution in [0.3, 0.4) is 0 Å². The summed E-state index contributed by atoms with van der Waals surface area (Å²) in [4.78, 5) is 13.7. The number of benzene rings is 2. The summed E-state index contributed by atoms with van der Waals surface area (Å²) in [5.41, 5.74) is 1.61. The van der Waals surface area contributed by atoms with Gasteiger partial charge < -0.3 is 15.0 Å². The SMILES string of the molecule is COc1ccccc1CN(C)C(=O)Nc1cccc(Cl)c1. The number of amides is 2. The maximum absolute atomic E-state index is 12.2. The Morgan fingerprint density at radius 1 is 1.24 bits per heavy atom. The zero-order valence-corrected chi connectivity index (χ0v) is 12.7. The third kappa shape index (κ3) is 4.13. The van der Waals surface area contributed by atoms with Gasteiger partial charge in [0.1, 0.15) is 5.75 Å². The highest BCUT2D eigenvalue weighted by molar-refractivity contribution is 6.30. The molecule has 0 aliphatic heterocycles. The van der Waals surface area contributed by atoms with E-state index in [0.29, 0.717) is 17.3 Å². The summed E-state index contributed by atoms with van der Waals surface area (Å²) in [6.45, 7) is 0.455. The Labute approximate surface area is 129 Å². The number of carbonyl (C=O) groups is 1. The van der Waals surface area contributed by atoms with Gasteiger partial charge in [-0.2, -0.15) is 0 Å². The largest absolute Gasteiger partial charge is 0.496 e. The highest BCUT2D eigenvalue weighted by Gasteiger charge is 2.12. The zero-order valence-electron chi connectivity index (χ0n) is 12.0. The summed E-state index contributed by atoms with van der Waals surface area (Å²) in [5, 5.41) is 3.39. The molecule has 0 saturated carbocycles. The molecule has 0 radical (unpaired) electrons. The number of hydrogen-bond acceptors (Lipinski definition) is 2. The minimum atomic E-state index is -0.205. The Balaban J connectivity index is 2.02. The van der Waals surface area contributed by atoms with Crippen LogP contribution in [0, 0.1) is 0 Å². The van der Waals surface area contributed by atoms with Crippen LogP contribution in [0.5, 0.6) is 5.75 Å². The molecule has 0 bridgehead atoms. The van der Waals surface area contributed by atoms with Crippen molar-refractivity contribution in [2.24, 2.45) is 0 Å². The molecule has 0 atom stereocenters. The number of anilines is 1. The number of nitrogens with one attached hydrogen (secondary N) is 1. The fourth-order valence-corrected chi connectivity index (χ4v) is 2.14. The Morgan fingerprint density at radius 3 is 2.71 bits per heavy atom. The van der Waals surface area contributed by atoms with Crippen LogP contribution in [0.1, 0.15) is 5.56 Å². The van der Waals surface area contributed by atoms with Gasteiger partial charge in [-0.15, -0.1) is 0 Å². The van der Waals surface area contributed by atoms with E-state index in [4.69, 9.17) is 16.3 Å². The number of ether oxygens (including phenoxy) is 1. The van der Waals surface area contributed by atoms with Gasteiger partial charge in [-0.05, 0) is 24.3 Å². The second-order valence-corrected chi connectivity index (χ2v) is 5.04. The summed E-state index contributed by atoms with van der Waals surface area (Å²) < 4.78 is 5.28. The van der Waals surface area contributed by atoms with Crippen LogP contribution in [0.15, 0.2) is 48.5 Å². The molecular weight excluding hydrogens is 288 g/mol. The molecule has 110 valence electrons. The van der Waals surface area contributed by atoms with E-state index in [-0.39, 0.29) is 6.03 Å². The van der Waals surface area contributed by atoms with Gasteiger partial charge in [0.15, 0.2) is 0 Å². The average Bonchev–Trinajstić information content (AvgIpc) is 2.47. The van der Waals surface area contributed by atoms with Crippen LogP contribution in [0.2, 0.25) is 5.02 Å². The van der Waals surface area contributed by atoms with E-state index in [1.165, 1.54) is 0 Å². The van der Waals surface area contributed by atoms with Crippen LogP contribution in [-0.2, 0) is 6.54 Å². The number of halogens is 1. The maximum atomic E-state index is 12.2. The van der Waals surface area contributed by atoms with Crippen LogP contribution in [0.4, 0.5) is 10.5 Å². The standard InChI is InChI=1S/C16H17ClN2O2/c1-19(11-12-6-3-4-9-15(12)21-2)16(20)18-14-8-5-7-13(17)10-14/h3-10H,11H2,1-2H3,(H,18,20). The van der Waals surface area contributed by atoms with Gasteiger partial charge in [0.2, 0.25) is 0 Å². The third-order valence-corrected chi connectivity index (χ3v) is 3.26. The van der Waals surface area contributed by atoms with Crippen LogP contribution < -0.4 is 10.1 Å². The molecule has 0 heterocycles. The summed E-state index contributed by atoms with van der Waals surface area (Å²) in [7, 11) is 3.34. The van der Waals surface area contributed by atoms with Crippen molar-refractivity contribution in [1.82, 2.24) is 4.90 Å². The lowest BCUT2D eigenvalue weighted by molar-refractivity contribution is 0.220. The van der Waals surface area contributed by atoms with E-state index >= 15 is 0 Å². The number of hydrogen-bond donors (Lipinski definition) is 1. The molecule has 2 aromatic rings. The highest BCUT2D eigenvalue weighted by Crippen LogP contribution is 2.19. The maximum Gasteiger partial charge on any atom is 0.321 e. The van der Waals surface area contributed by atoms with Crippen molar-refractivity contribution in [3.05, 3.63) is 59.1 Å². The van der Waals surface area contributed by atoms with Crippen molar-refractivity contribution in [3.63, 3.8) is 0 Å². The first-order valence-corrected chi connectivity index (χ1v) is 6.87. The number of para-hydroxylation sites is 1. The van der Waals surface area contributed by atoms with Crippen LogP contribution >= 0.6 is 11.6 Å². The van der Waals surface area contributed by atoms with E-state index < -0.39 is 0 Å². The molecule has 2 aromatic carbocycles. The van der Waals surface area contributed by atoms with E-state index in [0.717, 1.165) is 11.3 Å². The van der Waals surface area contributed by atoms with Crippen LogP contribution in [0.25, 0.3) is 0 Å². The van der Waals surface area contributed by atoms with Gasteiger partial charge in [0, 0.05) is 23.3 Å². The van der Waals surface area contributed by atoms with Gasteiger partial charge in [-0.25, -0.2) is 4.79 Å². The van der Waals surface area contributed by atoms with Crippen molar-refractivity contribution in [2.75, 3.05) is 19.5 Å². The molecule has 4 nitrogen and oxygen atoms in total. The number of nitrogens with zero attached hydrogens (tertiary/aromatic N) is 1. The summed E-state index contributed by atoms with van der Waals surface area (Å²) in [6.07, 6.45) is 0. The van der Waals surface area contributed by atoms with Gasteiger partial charge in [-0.3, -0.25) is 0 Å². The normalized spacial score (nSPS) is 10.0. The minimum absolute atomic E-state index is 0.205. The number of rotatable bonds is 4. The number of urea groups is 1. The topological polar surface area (TPSA) is 41.6 Å². The van der Waals surface area contributed by atoms with Gasteiger partial charge >= 0.3 is 6.03 Å². The molecule has 1 N–H and O–H groups in total. The molecular formula is C16H17ClN2O2. The molecule has 0 unspecified atom stereocenters. The Bertz CT molecular complexity index is 631. The summed E-state index contributed by atoms with van der Waals surface area (Å²) in [6, 6.07) is 14.5. The van der Waals surface area contributed by atoms with Gasteiger partial charge in [-0.1, -0.05) is 35.9 Å². The summed E-state index contributed by atoms with van der Waals surface area (Å²) >= 11 is 5.90. The predicted molar refractivity (Wildman–Crippen MR) is 84.9 cm³/mol. The van der Waals surface area contributed by atoms with E-state index in [2.05, 4.69) is 5.32 Å². The van der Waals surface area contributed by atoms with E-state index in [1.54, 1.807) is 43.3 Å². The average molecular weight is 305 g/mol. The fraction of sp³-hybridized carbons (Fsp3) is 0.188. The lowest BCUT2D eigenvalue weighted by Crippen LogP contribution is -2.30. The van der Waals surface area contributed by atoms with Crippen molar-refractivity contribution in [2.45, 2.75) is 6.54 Å². The second kappa shape index (κ2) is 6.99. The van der Waals surface area contributed by atoms with Crippen molar-refractivity contribution in [3.8, 4) is 5.75 Å². The van der Waals surface area contributed by atoms with Crippen molar-refractivity contribution >= 4 is 23.3 Å². The molecule has 2 rings (SSSR count). The molecule has 5 heteroatoms. The molecule has 0 fully saturated rings. The van der Waals surface area contributed by atoms with E-state index in [1.807, 2.05) is 24.3 Å². The highest BCUT2D eigenvalue weighted by atomic mass is 35.5. The van der Waals surface area contributed by atoms with Crippen molar-refractivity contribution in [1.29, 1.82) is 0 Å². The lowest BCUT2D eigenvalue weighted by Gasteiger charge is -2.19. The first-order valence-electron chi connectivity index (χ1n) is 6.49. The molecule has 0 aliphatic rings. The van der Waals surface area contributed by atoms with E-state index in [9.17, 15) is 4.79 Å². The second-order valence-electron chi connectivity index (χ2n) is 4.61. The third-order valence-electron chi connectivity index (χ3n) is 3.02. The van der Waals surface area contributed by atoms with Gasteiger partial charge in [0.25, 0.3) is 0 Å². The first kappa shape index (κ1) is 15.2. The molecule has 0 aromatic heterocycles. The quantitative estimate of drug-likeness (QED) is 0.927. The monoisotopic (exact) mass is 304 g/mol. The molecule has 0 saturated heterocycles. The molecule has 21 heavy (non-hydrogen) atoms.